The number of hydrogen-bond acceptors (Lipinski definition) is 4. The SMILES string of the molecule is CNC(=O)c1cc2c(s1)CCN(C(=O)[C@H]1CCCN(C(C)=O)C1)C2. The molecule has 0 radical (unpaired) electrons. The summed E-state index contributed by atoms with van der Waals surface area (Å²) in [6.45, 7) is 4.11. The van der Waals surface area contributed by atoms with Gasteiger partial charge in [-0.15, -0.1) is 11.3 Å². The number of thiophene rings is 1. The number of fused-ring (bicyclic) bond motifs is 1. The van der Waals surface area contributed by atoms with Gasteiger partial charge in [-0.1, -0.05) is 0 Å². The largest absolute Gasteiger partial charge is 0.354 e. The second kappa shape index (κ2) is 6.93. The molecule has 1 aromatic heterocycles. The molecule has 6 nitrogen and oxygen atoms in total. The Kier molecular flexibility index (Phi) is 4.89. The minimum Gasteiger partial charge on any atom is -0.354 e. The van der Waals surface area contributed by atoms with Crippen molar-refractivity contribution < 1.29 is 14.4 Å². The standard InChI is InChI=1S/C17H23N3O3S/c1-11(21)19-6-3-4-12(9-19)17(23)20-7-5-14-13(10-20)8-15(24-14)16(22)18-2/h8,12H,3-7,9-10H2,1-2H3,(H,18,22)/t12-/m0/s1. The summed E-state index contributed by atoms with van der Waals surface area (Å²) in [4.78, 5) is 41.7. The van der Waals surface area contributed by atoms with Crippen molar-refractivity contribution in [1.82, 2.24) is 15.1 Å². The molecular formula is C17H23N3O3S. The lowest BCUT2D eigenvalue weighted by Gasteiger charge is -2.35. The zero-order valence-corrected chi connectivity index (χ0v) is 14.9. The van der Waals surface area contributed by atoms with E-state index in [1.165, 1.54) is 16.2 Å². The first kappa shape index (κ1) is 17.0. The van der Waals surface area contributed by atoms with E-state index in [2.05, 4.69) is 5.32 Å². The predicted molar refractivity (Wildman–Crippen MR) is 91.8 cm³/mol. The number of nitrogens with zero attached hydrogens (tertiary/aromatic N) is 2. The number of amides is 3. The van der Waals surface area contributed by atoms with Crippen molar-refractivity contribution in [2.75, 3.05) is 26.7 Å². The van der Waals surface area contributed by atoms with Crippen molar-refractivity contribution in [3.63, 3.8) is 0 Å². The first-order valence-electron chi connectivity index (χ1n) is 8.37. The Labute approximate surface area is 145 Å². The third kappa shape index (κ3) is 3.31. The van der Waals surface area contributed by atoms with Gasteiger partial charge in [0.25, 0.3) is 5.91 Å². The summed E-state index contributed by atoms with van der Waals surface area (Å²) in [6.07, 6.45) is 2.53. The van der Waals surface area contributed by atoms with E-state index in [4.69, 9.17) is 0 Å². The van der Waals surface area contributed by atoms with Gasteiger partial charge in [0.05, 0.1) is 10.8 Å². The highest BCUT2D eigenvalue weighted by molar-refractivity contribution is 7.14. The predicted octanol–water partition coefficient (Wildman–Crippen LogP) is 1.25. The van der Waals surface area contributed by atoms with Crippen LogP contribution in [0.1, 0.15) is 39.9 Å². The average Bonchev–Trinajstić information content (AvgIpc) is 3.03. The fourth-order valence-electron chi connectivity index (χ4n) is 3.48. The quantitative estimate of drug-likeness (QED) is 0.874. The molecule has 3 heterocycles. The van der Waals surface area contributed by atoms with Gasteiger partial charge in [0, 0.05) is 45.0 Å². The van der Waals surface area contributed by atoms with Crippen LogP contribution in [0.25, 0.3) is 0 Å². The van der Waals surface area contributed by atoms with Crippen molar-refractivity contribution in [3.05, 3.63) is 21.4 Å². The molecule has 7 heteroatoms. The van der Waals surface area contributed by atoms with Crippen LogP contribution in [0.2, 0.25) is 0 Å². The smallest absolute Gasteiger partial charge is 0.261 e. The maximum atomic E-state index is 12.8. The molecule has 24 heavy (non-hydrogen) atoms. The lowest BCUT2D eigenvalue weighted by molar-refractivity contribution is -0.140. The summed E-state index contributed by atoms with van der Waals surface area (Å²) in [5.41, 5.74) is 1.08. The van der Waals surface area contributed by atoms with Gasteiger partial charge >= 0.3 is 0 Å². The van der Waals surface area contributed by atoms with Gasteiger partial charge in [0.1, 0.15) is 0 Å². The molecular weight excluding hydrogens is 326 g/mol. The Hall–Kier alpha value is -1.89. The minimum atomic E-state index is -0.0961. The van der Waals surface area contributed by atoms with Crippen LogP contribution in [0, 0.1) is 5.92 Å². The van der Waals surface area contributed by atoms with E-state index in [1.807, 2.05) is 11.0 Å². The molecule has 2 aliphatic heterocycles. The molecule has 2 aliphatic rings. The monoisotopic (exact) mass is 349 g/mol. The van der Waals surface area contributed by atoms with Crippen molar-refractivity contribution in [1.29, 1.82) is 0 Å². The summed E-state index contributed by atoms with van der Waals surface area (Å²) in [6, 6.07) is 1.90. The van der Waals surface area contributed by atoms with Crippen LogP contribution in [-0.4, -0.2) is 54.2 Å². The van der Waals surface area contributed by atoms with Crippen LogP contribution in [-0.2, 0) is 22.6 Å². The second-order valence-electron chi connectivity index (χ2n) is 6.45. The van der Waals surface area contributed by atoms with Gasteiger partial charge in [-0.05, 0) is 30.9 Å². The number of carbonyl (C=O) groups is 3. The molecule has 130 valence electrons. The fourth-order valence-corrected chi connectivity index (χ4v) is 4.59. The Morgan fingerprint density at radius 3 is 2.75 bits per heavy atom. The van der Waals surface area contributed by atoms with Crippen LogP contribution >= 0.6 is 11.3 Å². The Morgan fingerprint density at radius 2 is 2.04 bits per heavy atom. The Balaban J connectivity index is 1.68. The Morgan fingerprint density at radius 1 is 1.25 bits per heavy atom. The molecule has 0 aromatic carbocycles. The number of carbonyl (C=O) groups excluding carboxylic acids is 3. The van der Waals surface area contributed by atoms with E-state index < -0.39 is 0 Å². The van der Waals surface area contributed by atoms with Crippen molar-refractivity contribution >= 4 is 29.1 Å². The highest BCUT2D eigenvalue weighted by Crippen LogP contribution is 2.30. The van der Waals surface area contributed by atoms with E-state index in [0.717, 1.165) is 31.4 Å². The second-order valence-corrected chi connectivity index (χ2v) is 7.59. The molecule has 1 N–H and O–H groups in total. The third-order valence-electron chi connectivity index (χ3n) is 4.85. The van der Waals surface area contributed by atoms with Crippen LogP contribution < -0.4 is 5.32 Å². The highest BCUT2D eigenvalue weighted by Gasteiger charge is 2.32. The Bertz CT molecular complexity index is 670. The van der Waals surface area contributed by atoms with E-state index >= 15 is 0 Å². The molecule has 1 aromatic rings. The number of rotatable bonds is 2. The first-order chi connectivity index (χ1) is 11.5. The zero-order chi connectivity index (χ0) is 17.3. The molecule has 0 spiro atoms. The number of likely N-dealkylation sites (tertiary alicyclic amines) is 1. The summed E-state index contributed by atoms with van der Waals surface area (Å²) < 4.78 is 0. The molecule has 1 fully saturated rings. The molecule has 0 unspecified atom stereocenters. The summed E-state index contributed by atoms with van der Waals surface area (Å²) in [5.74, 6) is 0.0127. The number of piperidine rings is 1. The summed E-state index contributed by atoms with van der Waals surface area (Å²) in [5, 5.41) is 2.65. The van der Waals surface area contributed by atoms with Crippen LogP contribution in [0.5, 0.6) is 0 Å². The van der Waals surface area contributed by atoms with E-state index in [0.29, 0.717) is 24.5 Å². The van der Waals surface area contributed by atoms with E-state index in [1.54, 1.807) is 18.9 Å². The van der Waals surface area contributed by atoms with Crippen molar-refractivity contribution in [2.45, 2.75) is 32.7 Å². The molecule has 3 rings (SSSR count). The van der Waals surface area contributed by atoms with Gasteiger partial charge in [-0.2, -0.15) is 0 Å². The van der Waals surface area contributed by atoms with E-state index in [-0.39, 0.29) is 23.6 Å². The topological polar surface area (TPSA) is 69.7 Å². The summed E-state index contributed by atoms with van der Waals surface area (Å²) >= 11 is 1.52. The van der Waals surface area contributed by atoms with Crippen molar-refractivity contribution in [3.8, 4) is 0 Å². The van der Waals surface area contributed by atoms with Gasteiger partial charge in [0.2, 0.25) is 11.8 Å². The van der Waals surface area contributed by atoms with E-state index in [9.17, 15) is 14.4 Å². The lowest BCUT2D eigenvalue weighted by atomic mass is 9.95. The number of hydrogen-bond donors (Lipinski definition) is 1. The summed E-state index contributed by atoms with van der Waals surface area (Å²) in [7, 11) is 1.63. The van der Waals surface area contributed by atoms with Crippen LogP contribution in [0.4, 0.5) is 0 Å². The van der Waals surface area contributed by atoms with Gasteiger partial charge in [0.15, 0.2) is 0 Å². The molecule has 0 saturated carbocycles. The number of nitrogens with one attached hydrogen (secondary N) is 1. The molecule has 0 aliphatic carbocycles. The van der Waals surface area contributed by atoms with Gasteiger partial charge < -0.3 is 15.1 Å². The molecule has 1 atom stereocenters. The van der Waals surface area contributed by atoms with Crippen LogP contribution in [0.3, 0.4) is 0 Å². The fraction of sp³-hybridized carbons (Fsp3) is 0.588. The minimum absolute atomic E-state index is 0.0430. The zero-order valence-electron chi connectivity index (χ0n) is 14.1. The molecule has 1 saturated heterocycles. The third-order valence-corrected chi connectivity index (χ3v) is 6.08. The van der Waals surface area contributed by atoms with Gasteiger partial charge in [-0.25, -0.2) is 0 Å². The lowest BCUT2D eigenvalue weighted by Crippen LogP contribution is -2.47. The molecule has 0 bridgehead atoms. The maximum absolute atomic E-state index is 12.8. The highest BCUT2D eigenvalue weighted by atomic mass is 32.1. The first-order valence-corrected chi connectivity index (χ1v) is 9.19. The van der Waals surface area contributed by atoms with Crippen LogP contribution in [0.15, 0.2) is 6.07 Å². The molecule has 3 amide bonds. The van der Waals surface area contributed by atoms with Gasteiger partial charge in [-0.3, -0.25) is 14.4 Å². The average molecular weight is 349 g/mol. The normalized spacial score (nSPS) is 20.5. The maximum Gasteiger partial charge on any atom is 0.261 e. The van der Waals surface area contributed by atoms with Crippen molar-refractivity contribution in [2.24, 2.45) is 5.92 Å².